The number of rotatable bonds is 0. The minimum absolute atomic E-state index is 0. The second-order valence-electron chi connectivity index (χ2n) is 0.868. The second-order valence-corrected chi connectivity index (χ2v) is 2.61. The van der Waals surface area contributed by atoms with Gasteiger partial charge in [0.25, 0.3) is 0 Å². The third-order valence-corrected chi connectivity index (χ3v) is 0. The fraction of sp³-hybridized carbons (Fsp3) is 0. The third kappa shape index (κ3) is 686. The minimum atomic E-state index is -2.86. The summed E-state index contributed by atoms with van der Waals surface area (Å²) in [6.07, 6.45) is 0. The van der Waals surface area contributed by atoms with Gasteiger partial charge in [0.05, 0.1) is 0 Å². The van der Waals surface area contributed by atoms with Gasteiger partial charge in [0, 0.05) is 61.0 Å². The van der Waals surface area contributed by atoms with Crippen molar-refractivity contribution >= 4 is 43.9 Å². The summed E-state index contributed by atoms with van der Waals surface area (Å²) < 4.78 is 96.3. The molecular formula is H8CuNa4O12S4-4. The van der Waals surface area contributed by atoms with Gasteiger partial charge in [0.2, 0.25) is 0 Å². The van der Waals surface area contributed by atoms with Crippen LogP contribution in [0.3, 0.4) is 0 Å². The Morgan fingerprint density at radius 1 is 0.429 bits per heavy atom. The van der Waals surface area contributed by atoms with Crippen LogP contribution in [-0.2, 0) is 94.7 Å². The largest absolute Gasteiger partial charge is 1.00 e. The molecule has 0 unspecified atom stereocenters. The Bertz CT molecular complexity index is 323. The van der Waals surface area contributed by atoms with Gasteiger partial charge in [-0.2, -0.15) is 0 Å². The fourth-order valence-electron chi connectivity index (χ4n) is 0. The Kier molecular flexibility index (Phi) is 133. The topological polar surface area (TPSA) is 217 Å². The first-order valence-corrected chi connectivity index (χ1v) is 6.19. The predicted octanol–water partition coefficient (Wildman–Crippen LogP) is -12.5. The molecule has 12 nitrogen and oxygen atoms in total. The van der Waals surface area contributed by atoms with Crippen LogP contribution in [0.15, 0.2) is 0 Å². The molecule has 0 bridgehead atoms. The Balaban J connectivity index is -0.00000000623. The molecule has 0 aliphatic heterocycles. The monoisotopic (exact) mass is 483 g/mol. The molecule has 0 aliphatic rings. The van der Waals surface area contributed by atoms with Gasteiger partial charge in [-0.15, -0.1) is 0 Å². The normalized spacial score (nSPS) is 6.48. The van der Waals surface area contributed by atoms with E-state index < -0.39 is 43.9 Å². The fourth-order valence-corrected chi connectivity index (χ4v) is 0. The van der Waals surface area contributed by atoms with Crippen molar-refractivity contribution in [2.75, 3.05) is 0 Å². The zero-order chi connectivity index (χ0) is 14.3. The molecule has 0 amide bonds. The molecule has 0 fully saturated rings. The van der Waals surface area contributed by atoms with E-state index in [1.807, 2.05) is 0 Å². The van der Waals surface area contributed by atoms with Gasteiger partial charge in [-0.25, -0.2) is 0 Å². The van der Waals surface area contributed by atoms with Crippen molar-refractivity contribution in [2.45, 2.75) is 0 Å². The molecule has 21 heavy (non-hydrogen) atoms. The summed E-state index contributed by atoms with van der Waals surface area (Å²) >= 11 is 0. The average Bonchev–Trinajstić information content (AvgIpc) is 1.76. The van der Waals surface area contributed by atoms with Crippen molar-refractivity contribution in [2.24, 2.45) is 0 Å². The van der Waals surface area contributed by atoms with E-state index in [-0.39, 0.29) is 141 Å². The summed E-state index contributed by atoms with van der Waals surface area (Å²) in [6.45, 7) is 0. The molecule has 0 saturated heterocycles. The molecule has 0 saturated carbocycles. The SMILES string of the molecule is O=[S-](=O)O.O=[S-](=O)O.O=[S-](=O)O.O=[S-](=O)O.[Cu].[H-].[H-].[H-].[H-].[Na+].[Na+].[Na+].[Na+]. The molecule has 0 aromatic carbocycles. The van der Waals surface area contributed by atoms with Crippen LogP contribution in [0.5, 0.6) is 0 Å². The molecule has 0 rings (SSSR count). The van der Waals surface area contributed by atoms with Gasteiger partial charge >= 0.3 is 118 Å². The Hall–Kier alpha value is 4.16. The van der Waals surface area contributed by atoms with E-state index >= 15 is 0 Å². The Morgan fingerprint density at radius 3 is 0.429 bits per heavy atom. The molecule has 4 N–H and O–H groups in total. The first kappa shape index (κ1) is 56.2. The molecule has 1 radical (unpaired) electrons. The van der Waals surface area contributed by atoms with Crippen LogP contribution in [0, 0.1) is 0 Å². The van der Waals surface area contributed by atoms with E-state index in [2.05, 4.69) is 0 Å². The molecule has 21 heteroatoms. The first-order valence-electron chi connectivity index (χ1n) is 2.06. The minimum Gasteiger partial charge on any atom is -1.00 e. The summed E-state index contributed by atoms with van der Waals surface area (Å²) in [5.41, 5.74) is 0. The van der Waals surface area contributed by atoms with E-state index in [0.29, 0.717) is 0 Å². The molecule has 0 heterocycles. The van der Waals surface area contributed by atoms with E-state index in [1.54, 1.807) is 0 Å². The van der Waals surface area contributed by atoms with Gasteiger partial charge in [-0.05, 0) is 0 Å². The van der Waals surface area contributed by atoms with Crippen LogP contribution < -0.4 is 118 Å². The van der Waals surface area contributed by atoms with Crippen LogP contribution in [-0.4, -0.2) is 18.2 Å². The van der Waals surface area contributed by atoms with E-state index in [4.69, 9.17) is 51.9 Å². The van der Waals surface area contributed by atoms with E-state index in [1.165, 1.54) is 0 Å². The van der Waals surface area contributed by atoms with Crippen molar-refractivity contribution in [3.63, 3.8) is 0 Å². The predicted molar refractivity (Wildman–Crippen MR) is 49.9 cm³/mol. The third-order valence-electron chi connectivity index (χ3n) is 0. The van der Waals surface area contributed by atoms with Crippen molar-refractivity contribution in [1.82, 2.24) is 0 Å². The van der Waals surface area contributed by atoms with Gasteiger partial charge < -0.3 is 57.6 Å². The Labute approximate surface area is 232 Å². The summed E-state index contributed by atoms with van der Waals surface area (Å²) in [4.78, 5) is 0. The zero-order valence-electron chi connectivity index (χ0n) is 15.0. The Morgan fingerprint density at radius 2 is 0.429 bits per heavy atom. The van der Waals surface area contributed by atoms with Crippen molar-refractivity contribution in [3.05, 3.63) is 0 Å². The van der Waals surface area contributed by atoms with Gasteiger partial charge in [0.1, 0.15) is 0 Å². The van der Waals surface area contributed by atoms with E-state index in [0.717, 1.165) is 0 Å². The molecule has 0 aromatic rings. The summed E-state index contributed by atoms with van der Waals surface area (Å²) in [6, 6.07) is 0. The summed E-state index contributed by atoms with van der Waals surface area (Å²) in [7, 11) is -11.4. The molecule has 123 valence electrons. The van der Waals surface area contributed by atoms with Crippen molar-refractivity contribution in [3.8, 4) is 0 Å². The standard InChI is InChI=1S/Cu.4Na.4HO3S.4H/c;;;;;4*1-4(2)3;;;;/h;;;;;4*(H,1,2,3);;;;/q;4*+1;8*-1. The maximum atomic E-state index is 8.56. The molecule has 0 aliphatic carbocycles. The number of hydrogen-bond acceptors (Lipinski definition) is 12. The van der Waals surface area contributed by atoms with Gasteiger partial charge in [-0.3, -0.25) is 0 Å². The molecular weight excluding hydrogens is 476 g/mol. The summed E-state index contributed by atoms with van der Waals surface area (Å²) in [5, 5.41) is 0. The maximum absolute atomic E-state index is 8.56. The van der Waals surface area contributed by atoms with E-state index in [9.17, 15) is 0 Å². The first-order chi connectivity index (χ1) is 6.93. The van der Waals surface area contributed by atoms with Crippen LogP contribution in [0.2, 0.25) is 0 Å². The van der Waals surface area contributed by atoms with Crippen molar-refractivity contribution in [1.29, 1.82) is 0 Å². The average molecular weight is 484 g/mol. The second kappa shape index (κ2) is 49.6. The number of hydrogen-bond donors (Lipinski definition) is 4. The summed E-state index contributed by atoms with van der Waals surface area (Å²) in [5.74, 6) is 0. The van der Waals surface area contributed by atoms with Gasteiger partial charge in [0.15, 0.2) is 0 Å². The van der Waals surface area contributed by atoms with Crippen LogP contribution in [0.4, 0.5) is 0 Å². The molecule has 0 aromatic heterocycles. The molecule has 0 atom stereocenters. The quantitative estimate of drug-likeness (QED) is 0.109. The zero-order valence-corrected chi connectivity index (χ0v) is 23.2. The van der Waals surface area contributed by atoms with Crippen LogP contribution in [0.1, 0.15) is 5.71 Å². The van der Waals surface area contributed by atoms with Crippen LogP contribution in [0.25, 0.3) is 0 Å². The molecule has 0 spiro atoms. The maximum Gasteiger partial charge on any atom is 1.00 e. The van der Waals surface area contributed by atoms with Gasteiger partial charge in [-0.1, -0.05) is 0 Å². The smallest absolute Gasteiger partial charge is 1.00 e. The van der Waals surface area contributed by atoms with Crippen molar-refractivity contribution < 1.29 is 193 Å². The van der Waals surface area contributed by atoms with Crippen LogP contribution >= 0.6 is 0 Å².